The normalized spacial score (nSPS) is 25.4. The highest BCUT2D eigenvalue weighted by molar-refractivity contribution is 8.00. The van der Waals surface area contributed by atoms with Gasteiger partial charge < -0.3 is 5.73 Å². The van der Waals surface area contributed by atoms with Crippen molar-refractivity contribution in [1.82, 2.24) is 4.31 Å². The highest BCUT2D eigenvalue weighted by Gasteiger charge is 2.34. The molecule has 2 unspecified atom stereocenters. The Morgan fingerprint density at radius 3 is 2.68 bits per heavy atom. The fraction of sp³-hybridized carbons (Fsp3) is 0.538. The van der Waals surface area contributed by atoms with Crippen LogP contribution in [0.25, 0.3) is 0 Å². The lowest BCUT2D eigenvalue weighted by Gasteiger charge is -2.36. The molecule has 19 heavy (non-hydrogen) atoms. The zero-order valence-corrected chi connectivity index (χ0v) is 13.1. The summed E-state index contributed by atoms with van der Waals surface area (Å²) in [5.41, 5.74) is 7.17. The number of hydrogen-bond acceptors (Lipinski definition) is 4. The van der Waals surface area contributed by atoms with Gasteiger partial charge in [-0.15, -0.1) is 0 Å². The third-order valence-corrected chi connectivity index (χ3v) is 6.99. The molecule has 0 aliphatic carbocycles. The second-order valence-corrected chi connectivity index (χ2v) is 8.33. The maximum atomic E-state index is 12.7. The Morgan fingerprint density at radius 2 is 2.05 bits per heavy atom. The lowest BCUT2D eigenvalue weighted by Crippen LogP contribution is -2.47. The van der Waals surface area contributed by atoms with Gasteiger partial charge in [0.05, 0.1) is 4.90 Å². The van der Waals surface area contributed by atoms with Crippen molar-refractivity contribution in [3.05, 3.63) is 23.8 Å². The summed E-state index contributed by atoms with van der Waals surface area (Å²) < 4.78 is 27.0. The second-order valence-electron chi connectivity index (χ2n) is 4.95. The zero-order chi connectivity index (χ0) is 14.2. The molecule has 2 atom stereocenters. The van der Waals surface area contributed by atoms with E-state index in [1.54, 1.807) is 22.5 Å². The van der Waals surface area contributed by atoms with E-state index in [-0.39, 0.29) is 6.04 Å². The molecule has 0 amide bonds. The van der Waals surface area contributed by atoms with E-state index in [4.69, 9.17) is 5.73 Å². The van der Waals surface area contributed by atoms with Crippen molar-refractivity contribution >= 4 is 27.5 Å². The number of anilines is 1. The highest BCUT2D eigenvalue weighted by atomic mass is 32.2. The number of nitrogens with two attached hydrogens (primary N) is 1. The monoisotopic (exact) mass is 300 g/mol. The minimum atomic E-state index is -3.42. The standard InChI is InChI=1S/C13H20N2O2S2/c1-9-8-12(4-5-13(9)14)19(16,17)15-6-7-18-11(3)10(15)2/h4-5,8,10-11H,6-7,14H2,1-3H3. The van der Waals surface area contributed by atoms with Crippen molar-refractivity contribution in [2.24, 2.45) is 0 Å². The van der Waals surface area contributed by atoms with Crippen LogP contribution in [-0.2, 0) is 10.0 Å². The van der Waals surface area contributed by atoms with Gasteiger partial charge in [0, 0.05) is 29.3 Å². The molecule has 1 fully saturated rings. The van der Waals surface area contributed by atoms with Gasteiger partial charge in [0.1, 0.15) is 0 Å². The van der Waals surface area contributed by atoms with Gasteiger partial charge in [0.2, 0.25) is 10.0 Å². The van der Waals surface area contributed by atoms with Crippen molar-refractivity contribution in [1.29, 1.82) is 0 Å². The van der Waals surface area contributed by atoms with Crippen LogP contribution in [0.1, 0.15) is 19.4 Å². The SMILES string of the molecule is Cc1cc(S(=O)(=O)N2CCSC(C)C2C)ccc1N. The fourth-order valence-corrected chi connectivity index (χ4v) is 5.27. The van der Waals surface area contributed by atoms with Gasteiger partial charge in [-0.1, -0.05) is 6.92 Å². The molecule has 1 heterocycles. The molecular formula is C13H20N2O2S2. The molecule has 0 aromatic heterocycles. The Balaban J connectivity index is 2.38. The zero-order valence-electron chi connectivity index (χ0n) is 11.5. The first-order chi connectivity index (χ1) is 8.84. The molecule has 4 nitrogen and oxygen atoms in total. The van der Waals surface area contributed by atoms with Crippen molar-refractivity contribution < 1.29 is 8.42 Å². The summed E-state index contributed by atoms with van der Waals surface area (Å²) in [6.07, 6.45) is 0. The van der Waals surface area contributed by atoms with E-state index in [0.29, 0.717) is 22.4 Å². The summed E-state index contributed by atoms with van der Waals surface area (Å²) in [4.78, 5) is 0.338. The molecule has 0 saturated carbocycles. The van der Waals surface area contributed by atoms with Crippen molar-refractivity contribution in [3.8, 4) is 0 Å². The van der Waals surface area contributed by atoms with Gasteiger partial charge >= 0.3 is 0 Å². The molecule has 1 aliphatic heterocycles. The Bertz CT molecular complexity index is 572. The predicted molar refractivity (Wildman–Crippen MR) is 80.9 cm³/mol. The van der Waals surface area contributed by atoms with E-state index in [9.17, 15) is 8.42 Å². The Morgan fingerprint density at radius 1 is 1.37 bits per heavy atom. The fourth-order valence-electron chi connectivity index (χ4n) is 2.19. The number of rotatable bonds is 2. The quantitative estimate of drug-likeness (QED) is 0.850. The molecule has 6 heteroatoms. The molecule has 2 N–H and O–H groups in total. The van der Waals surface area contributed by atoms with Crippen LogP contribution in [-0.4, -0.2) is 36.3 Å². The predicted octanol–water partition coefficient (Wildman–Crippen LogP) is 2.09. The van der Waals surface area contributed by atoms with Crippen LogP contribution < -0.4 is 5.73 Å². The molecule has 106 valence electrons. The van der Waals surface area contributed by atoms with Gasteiger partial charge in [-0.3, -0.25) is 0 Å². The van der Waals surface area contributed by atoms with Crippen LogP contribution in [0.2, 0.25) is 0 Å². The first-order valence-corrected chi connectivity index (χ1v) is 8.82. The number of aryl methyl sites for hydroxylation is 1. The third-order valence-electron chi connectivity index (χ3n) is 3.67. The number of benzene rings is 1. The minimum Gasteiger partial charge on any atom is -0.399 e. The highest BCUT2D eigenvalue weighted by Crippen LogP contribution is 2.30. The van der Waals surface area contributed by atoms with Gasteiger partial charge in [0.15, 0.2) is 0 Å². The lowest BCUT2D eigenvalue weighted by atomic mass is 10.2. The average Bonchev–Trinajstić information content (AvgIpc) is 2.35. The first kappa shape index (κ1) is 14.7. The van der Waals surface area contributed by atoms with Gasteiger partial charge in [0.25, 0.3) is 0 Å². The second kappa shape index (κ2) is 5.34. The van der Waals surface area contributed by atoms with Crippen molar-refractivity contribution in [2.75, 3.05) is 18.0 Å². The van der Waals surface area contributed by atoms with E-state index in [2.05, 4.69) is 6.92 Å². The molecule has 0 radical (unpaired) electrons. The lowest BCUT2D eigenvalue weighted by molar-refractivity contribution is 0.340. The summed E-state index contributed by atoms with van der Waals surface area (Å²) in [6.45, 7) is 6.44. The molecule has 1 aromatic carbocycles. The Labute approximate surface area is 119 Å². The molecule has 1 saturated heterocycles. The van der Waals surface area contributed by atoms with Crippen LogP contribution in [0.4, 0.5) is 5.69 Å². The number of thioether (sulfide) groups is 1. The number of nitrogen functional groups attached to an aromatic ring is 1. The molecule has 1 aliphatic rings. The largest absolute Gasteiger partial charge is 0.399 e. The van der Waals surface area contributed by atoms with Crippen LogP contribution in [0.3, 0.4) is 0 Å². The van der Waals surface area contributed by atoms with Crippen molar-refractivity contribution in [2.45, 2.75) is 37.0 Å². The number of nitrogens with zero attached hydrogens (tertiary/aromatic N) is 1. The minimum absolute atomic E-state index is 0.0154. The summed E-state index contributed by atoms with van der Waals surface area (Å²) >= 11 is 1.82. The summed E-state index contributed by atoms with van der Waals surface area (Å²) in [5.74, 6) is 0.846. The van der Waals surface area contributed by atoms with E-state index in [1.165, 1.54) is 0 Å². The summed E-state index contributed by atoms with van der Waals surface area (Å²) in [6, 6.07) is 4.93. The first-order valence-electron chi connectivity index (χ1n) is 6.33. The van der Waals surface area contributed by atoms with Crippen LogP contribution in [0.5, 0.6) is 0 Å². The molecule has 0 spiro atoms. The van der Waals surface area contributed by atoms with Crippen LogP contribution in [0.15, 0.2) is 23.1 Å². The Hall–Kier alpha value is -0.720. The van der Waals surface area contributed by atoms with Gasteiger partial charge in [-0.25, -0.2) is 8.42 Å². The number of sulfonamides is 1. The van der Waals surface area contributed by atoms with Gasteiger partial charge in [-0.05, 0) is 37.6 Å². The maximum absolute atomic E-state index is 12.7. The molecule has 2 rings (SSSR count). The van der Waals surface area contributed by atoms with Crippen molar-refractivity contribution in [3.63, 3.8) is 0 Å². The number of hydrogen-bond donors (Lipinski definition) is 1. The van der Waals surface area contributed by atoms with Crippen LogP contribution in [0, 0.1) is 6.92 Å². The Kier molecular flexibility index (Phi) is 4.13. The van der Waals surface area contributed by atoms with Gasteiger partial charge in [-0.2, -0.15) is 16.1 Å². The van der Waals surface area contributed by atoms with E-state index in [1.807, 2.05) is 25.6 Å². The van der Waals surface area contributed by atoms with E-state index < -0.39 is 10.0 Å². The summed E-state index contributed by atoms with van der Waals surface area (Å²) in [5, 5.41) is 0.318. The average molecular weight is 300 g/mol. The molecule has 0 bridgehead atoms. The van der Waals surface area contributed by atoms with E-state index in [0.717, 1.165) is 11.3 Å². The summed E-state index contributed by atoms with van der Waals surface area (Å²) in [7, 11) is -3.42. The third kappa shape index (κ3) is 2.75. The molecular weight excluding hydrogens is 280 g/mol. The topological polar surface area (TPSA) is 63.4 Å². The van der Waals surface area contributed by atoms with E-state index >= 15 is 0 Å². The smallest absolute Gasteiger partial charge is 0.243 e. The maximum Gasteiger partial charge on any atom is 0.243 e. The van der Waals surface area contributed by atoms with Crippen LogP contribution >= 0.6 is 11.8 Å². The molecule has 1 aromatic rings.